The van der Waals surface area contributed by atoms with Crippen molar-refractivity contribution in [3.8, 4) is 17.1 Å². The molecule has 1 unspecified atom stereocenters. The number of hydrogen-bond acceptors (Lipinski definition) is 4. The fourth-order valence-electron chi connectivity index (χ4n) is 6.22. The average molecular weight is 640 g/mol. The third-order valence-electron chi connectivity index (χ3n) is 8.44. The molecule has 46 heavy (non-hydrogen) atoms. The number of imidazole rings is 1. The van der Waals surface area contributed by atoms with Crippen molar-refractivity contribution in [2.45, 2.75) is 72.5 Å². The molecule has 0 saturated carbocycles. The van der Waals surface area contributed by atoms with Crippen LogP contribution in [-0.4, -0.2) is 34.2 Å². The Bertz CT molecular complexity index is 1650. The number of benzene rings is 2. The highest BCUT2D eigenvalue weighted by Crippen LogP contribution is 2.37. The lowest BCUT2D eigenvalue weighted by molar-refractivity contribution is 0.230. The molecule has 3 aromatic rings. The molecule has 1 aromatic heterocycles. The van der Waals surface area contributed by atoms with Gasteiger partial charge in [-0.25, -0.2) is 9.37 Å². The smallest absolute Gasteiger partial charge is 0.140 e. The summed E-state index contributed by atoms with van der Waals surface area (Å²) in [4.78, 5) is 7.80. The Morgan fingerprint density at radius 3 is 2.70 bits per heavy atom. The number of aromatic nitrogens is 2. The minimum atomic E-state index is -0.0693. The van der Waals surface area contributed by atoms with Crippen LogP contribution in [0.3, 0.4) is 0 Å². The van der Waals surface area contributed by atoms with Gasteiger partial charge in [-0.2, -0.15) is 0 Å². The van der Waals surface area contributed by atoms with Crippen LogP contribution in [0.5, 0.6) is 5.75 Å². The first-order valence-corrected chi connectivity index (χ1v) is 17.1. The van der Waals surface area contributed by atoms with E-state index in [9.17, 15) is 4.39 Å². The lowest BCUT2D eigenvalue weighted by Crippen LogP contribution is -2.27. The number of nitrogens with zero attached hydrogens (tertiary/aromatic N) is 3. The normalized spacial score (nSPS) is 15.2. The Balaban J connectivity index is 1.62. The maximum absolute atomic E-state index is 14.5. The predicted octanol–water partition coefficient (Wildman–Crippen LogP) is 9.57. The molecule has 242 valence electrons. The molecule has 0 amide bonds. The number of ether oxygens (including phenoxy) is 2. The van der Waals surface area contributed by atoms with Crippen LogP contribution in [0.2, 0.25) is 0 Å². The molecule has 2 aromatic carbocycles. The second-order valence-electron chi connectivity index (χ2n) is 12.0. The van der Waals surface area contributed by atoms with Crippen LogP contribution in [0.25, 0.3) is 17.0 Å². The zero-order chi connectivity index (χ0) is 32.5. The molecule has 2 heterocycles. The maximum Gasteiger partial charge on any atom is 0.140 e. The van der Waals surface area contributed by atoms with Crippen molar-refractivity contribution >= 4 is 14.8 Å². The summed E-state index contributed by atoms with van der Waals surface area (Å²) in [6, 6.07) is 17.0. The van der Waals surface area contributed by atoms with Gasteiger partial charge in [-0.3, -0.25) is 4.90 Å². The number of unbranched alkanes of at least 4 members (excludes halogenated alkanes) is 1. The number of hydrogen-bond donors (Lipinski definition) is 0. The van der Waals surface area contributed by atoms with Gasteiger partial charge in [0, 0.05) is 49.9 Å². The van der Waals surface area contributed by atoms with Crippen LogP contribution in [0.4, 0.5) is 4.39 Å². The van der Waals surface area contributed by atoms with Crippen molar-refractivity contribution in [3.63, 3.8) is 0 Å². The lowest BCUT2D eigenvalue weighted by Gasteiger charge is -2.26. The fraction of sp³-hybridized carbons (Fsp3) is 0.359. The first-order chi connectivity index (χ1) is 22.4. The summed E-state index contributed by atoms with van der Waals surface area (Å²) in [6.07, 6.45) is 12.0. The molecule has 1 atom stereocenters. The molecule has 5 nitrogen and oxygen atoms in total. The maximum atomic E-state index is 14.5. The van der Waals surface area contributed by atoms with Gasteiger partial charge in [-0.1, -0.05) is 74.5 Å². The molecule has 7 heteroatoms. The zero-order valence-electron chi connectivity index (χ0n) is 27.5. The van der Waals surface area contributed by atoms with Crippen molar-refractivity contribution in [1.29, 1.82) is 0 Å². The Hall–Kier alpha value is -3.73. The van der Waals surface area contributed by atoms with Gasteiger partial charge in [0.2, 0.25) is 0 Å². The number of allylic oxidation sites excluding steroid dienone is 7. The van der Waals surface area contributed by atoms with E-state index in [-0.39, 0.29) is 5.83 Å². The Labute approximate surface area is 276 Å². The zero-order valence-corrected chi connectivity index (χ0v) is 28.7. The van der Waals surface area contributed by atoms with E-state index in [2.05, 4.69) is 86.8 Å². The average Bonchev–Trinajstić information content (AvgIpc) is 3.66. The standard InChI is InChI=1S/C39H47FN3O2P/c1-5-8-20-43-35(38(33-17-18-34(40)37(46)24-33)41-39(43)32-13-10-9-11-14-32)27-42(25-29(12-6-2)22-28(4)44-7-3)26-30-15-16-31-19-21-45-36(31)23-30/h6,9-16,22-24H,2,5,7-8,17-21,25-27,46H2,1,3-4H3/b28-22+,29-12+. The van der Waals surface area contributed by atoms with Crippen LogP contribution in [0.1, 0.15) is 69.0 Å². The molecular weight excluding hydrogens is 592 g/mol. The summed E-state index contributed by atoms with van der Waals surface area (Å²) in [5.74, 6) is 2.75. The van der Waals surface area contributed by atoms with E-state index in [1.807, 2.05) is 32.1 Å². The summed E-state index contributed by atoms with van der Waals surface area (Å²) in [5, 5.41) is 0.610. The number of fused-ring (bicyclic) bond motifs is 1. The minimum Gasteiger partial charge on any atom is -0.499 e. The van der Waals surface area contributed by atoms with Crippen LogP contribution in [-0.2, 0) is 30.8 Å². The SMILES string of the molecule is C=C/C=C(\C=C(/C)OCC)CN(Cc1ccc2c(c1)OCC2)Cc1c(C2=CC(P)=C(F)CC2)nc(-c2ccccc2)n1CCCC. The molecule has 0 bridgehead atoms. The van der Waals surface area contributed by atoms with Crippen molar-refractivity contribution < 1.29 is 13.9 Å². The van der Waals surface area contributed by atoms with Crippen molar-refractivity contribution in [2.24, 2.45) is 0 Å². The van der Waals surface area contributed by atoms with E-state index in [1.165, 1.54) is 11.1 Å². The monoisotopic (exact) mass is 639 g/mol. The third-order valence-corrected chi connectivity index (χ3v) is 8.92. The van der Waals surface area contributed by atoms with Gasteiger partial charge in [0.1, 0.15) is 17.4 Å². The van der Waals surface area contributed by atoms with Crippen molar-refractivity contribution in [2.75, 3.05) is 19.8 Å². The third kappa shape index (κ3) is 8.34. The van der Waals surface area contributed by atoms with Crippen LogP contribution in [0.15, 0.2) is 102 Å². The van der Waals surface area contributed by atoms with Gasteiger partial charge in [0.05, 0.1) is 30.4 Å². The Morgan fingerprint density at radius 2 is 1.96 bits per heavy atom. The lowest BCUT2D eigenvalue weighted by atomic mass is 9.99. The van der Waals surface area contributed by atoms with Gasteiger partial charge in [0.15, 0.2) is 0 Å². The summed E-state index contributed by atoms with van der Waals surface area (Å²) >= 11 is 0. The van der Waals surface area contributed by atoms with E-state index in [0.717, 1.165) is 77.8 Å². The van der Waals surface area contributed by atoms with E-state index < -0.39 is 0 Å². The van der Waals surface area contributed by atoms with E-state index >= 15 is 0 Å². The molecule has 2 aliphatic rings. The molecular formula is C39H47FN3O2P. The van der Waals surface area contributed by atoms with Crippen molar-refractivity contribution in [3.05, 3.63) is 124 Å². The van der Waals surface area contributed by atoms with Gasteiger partial charge in [-0.15, -0.1) is 9.24 Å². The molecule has 0 radical (unpaired) electrons. The fourth-order valence-corrected chi connectivity index (χ4v) is 6.56. The van der Waals surface area contributed by atoms with Gasteiger partial charge < -0.3 is 14.0 Å². The van der Waals surface area contributed by atoms with E-state index in [0.29, 0.717) is 44.4 Å². The van der Waals surface area contributed by atoms with E-state index in [4.69, 9.17) is 14.5 Å². The van der Waals surface area contributed by atoms with Crippen molar-refractivity contribution in [1.82, 2.24) is 14.5 Å². The first kappa shape index (κ1) is 33.6. The van der Waals surface area contributed by atoms with Gasteiger partial charge >= 0.3 is 0 Å². The largest absolute Gasteiger partial charge is 0.499 e. The molecule has 5 rings (SSSR count). The molecule has 1 aliphatic heterocycles. The van der Waals surface area contributed by atoms with Crippen LogP contribution in [0, 0.1) is 0 Å². The second kappa shape index (κ2) is 16.2. The Kier molecular flexibility index (Phi) is 11.8. The van der Waals surface area contributed by atoms with Crippen LogP contribution >= 0.6 is 9.24 Å². The summed E-state index contributed by atoms with van der Waals surface area (Å²) in [6.45, 7) is 14.5. The highest BCUT2D eigenvalue weighted by Gasteiger charge is 2.25. The first-order valence-electron chi connectivity index (χ1n) is 16.5. The quantitative estimate of drug-likeness (QED) is 0.0943. The van der Waals surface area contributed by atoms with E-state index in [1.54, 1.807) is 0 Å². The molecule has 0 saturated heterocycles. The molecule has 1 aliphatic carbocycles. The highest BCUT2D eigenvalue weighted by molar-refractivity contribution is 7.23. The second-order valence-corrected chi connectivity index (χ2v) is 12.6. The molecule has 0 spiro atoms. The van der Waals surface area contributed by atoms with Gasteiger partial charge in [0.25, 0.3) is 0 Å². The van der Waals surface area contributed by atoms with Gasteiger partial charge in [-0.05, 0) is 67.2 Å². The highest BCUT2D eigenvalue weighted by atomic mass is 31.0. The molecule has 0 fully saturated rings. The Morgan fingerprint density at radius 1 is 1.13 bits per heavy atom. The summed E-state index contributed by atoms with van der Waals surface area (Å²) in [5.41, 5.74) is 7.84. The predicted molar refractivity (Wildman–Crippen MR) is 191 cm³/mol. The topological polar surface area (TPSA) is 39.5 Å². The number of halogens is 1. The molecule has 0 N–H and O–H groups in total. The van der Waals surface area contributed by atoms with Crippen LogP contribution < -0.4 is 4.74 Å². The summed E-state index contributed by atoms with van der Waals surface area (Å²) < 4.78 is 28.7. The number of rotatable bonds is 15. The minimum absolute atomic E-state index is 0.0693. The summed E-state index contributed by atoms with van der Waals surface area (Å²) in [7, 11) is 2.58.